The minimum atomic E-state index is 0.146. The van der Waals surface area contributed by atoms with Crippen molar-refractivity contribution in [2.24, 2.45) is 11.3 Å². The highest BCUT2D eigenvalue weighted by molar-refractivity contribution is 5.36. The molecule has 23 heavy (non-hydrogen) atoms. The van der Waals surface area contributed by atoms with Gasteiger partial charge in [-0.1, -0.05) is 25.1 Å². The molecule has 1 fully saturated rings. The van der Waals surface area contributed by atoms with Crippen LogP contribution in [0.3, 0.4) is 0 Å². The highest BCUT2D eigenvalue weighted by Crippen LogP contribution is 2.46. The second-order valence-corrected chi connectivity index (χ2v) is 8.18. The molecule has 128 valence electrons. The highest BCUT2D eigenvalue weighted by atomic mass is 16.5. The van der Waals surface area contributed by atoms with Crippen molar-refractivity contribution in [3.63, 3.8) is 0 Å². The molecule has 1 N–H and O–H groups in total. The molecule has 2 heteroatoms. The van der Waals surface area contributed by atoms with Gasteiger partial charge in [-0.15, -0.1) is 0 Å². The Balaban J connectivity index is 1.63. The summed E-state index contributed by atoms with van der Waals surface area (Å²) in [7, 11) is 1.79. The Bertz CT molecular complexity index is 525. The summed E-state index contributed by atoms with van der Waals surface area (Å²) in [5, 5.41) is 9.59. The molecule has 0 saturated heterocycles. The molecular formula is C21H32O2. The van der Waals surface area contributed by atoms with Crippen LogP contribution >= 0.6 is 0 Å². The summed E-state index contributed by atoms with van der Waals surface area (Å²) in [5.74, 6) is 1.49. The van der Waals surface area contributed by atoms with Gasteiger partial charge in [0, 0.05) is 20.3 Å². The normalized spacial score (nSPS) is 30.4. The van der Waals surface area contributed by atoms with Crippen molar-refractivity contribution in [3.05, 3.63) is 34.9 Å². The van der Waals surface area contributed by atoms with Gasteiger partial charge in [0.05, 0.1) is 0 Å². The third-order valence-corrected chi connectivity index (χ3v) is 6.21. The average Bonchev–Trinajstić information content (AvgIpc) is 2.98. The minimum absolute atomic E-state index is 0.146. The van der Waals surface area contributed by atoms with Crippen molar-refractivity contribution < 1.29 is 9.84 Å². The Labute approximate surface area is 141 Å². The molecule has 2 aliphatic rings. The van der Waals surface area contributed by atoms with E-state index in [4.69, 9.17) is 4.74 Å². The molecule has 0 aromatic heterocycles. The third kappa shape index (κ3) is 3.97. The van der Waals surface area contributed by atoms with Gasteiger partial charge in [0.15, 0.2) is 0 Å². The van der Waals surface area contributed by atoms with Gasteiger partial charge in [0.25, 0.3) is 0 Å². The number of hydrogen-bond donors (Lipinski definition) is 1. The van der Waals surface area contributed by atoms with Crippen molar-refractivity contribution in [2.75, 3.05) is 20.3 Å². The fraction of sp³-hybridized carbons (Fsp3) is 0.714. The van der Waals surface area contributed by atoms with Crippen LogP contribution < -0.4 is 0 Å². The molecule has 1 aromatic rings. The quantitative estimate of drug-likeness (QED) is 0.784. The molecule has 3 rings (SSSR count). The van der Waals surface area contributed by atoms with E-state index in [1.165, 1.54) is 44.1 Å². The van der Waals surface area contributed by atoms with Crippen molar-refractivity contribution in [1.82, 2.24) is 0 Å². The van der Waals surface area contributed by atoms with E-state index in [-0.39, 0.29) is 5.41 Å². The van der Waals surface area contributed by atoms with E-state index in [1.807, 2.05) is 0 Å². The molecule has 0 bridgehead atoms. The average molecular weight is 316 g/mol. The van der Waals surface area contributed by atoms with Crippen LogP contribution in [-0.4, -0.2) is 25.4 Å². The lowest BCUT2D eigenvalue weighted by Gasteiger charge is -2.26. The summed E-state index contributed by atoms with van der Waals surface area (Å²) in [6.45, 7) is 3.46. The Morgan fingerprint density at radius 2 is 2.13 bits per heavy atom. The monoisotopic (exact) mass is 316 g/mol. The van der Waals surface area contributed by atoms with Crippen LogP contribution in [0.25, 0.3) is 0 Å². The largest absolute Gasteiger partial charge is 0.396 e. The van der Waals surface area contributed by atoms with E-state index in [0.29, 0.717) is 12.5 Å². The van der Waals surface area contributed by atoms with Crippen LogP contribution in [0.5, 0.6) is 0 Å². The summed E-state index contributed by atoms with van der Waals surface area (Å²) in [6, 6.07) is 7.24. The molecule has 3 atom stereocenters. The van der Waals surface area contributed by atoms with E-state index in [9.17, 15) is 5.11 Å². The number of aliphatic hydroxyl groups is 1. The van der Waals surface area contributed by atoms with Crippen LogP contribution in [0, 0.1) is 11.3 Å². The molecule has 1 aromatic carbocycles. The van der Waals surface area contributed by atoms with Gasteiger partial charge in [-0.05, 0) is 85.3 Å². The zero-order chi connectivity index (χ0) is 16.3. The standard InChI is InChI=1S/C21H32O2/c1-21(15-22)10-9-20(14-21)19-8-7-17-12-16(4-3-11-23-2)5-6-18(17)13-19/h7-8,13,16,20,22H,3-6,9-12,14-15H2,1-2H3/t16?,20-,21-/m0/s1. The third-order valence-electron chi connectivity index (χ3n) is 6.21. The second kappa shape index (κ2) is 7.36. The van der Waals surface area contributed by atoms with Gasteiger partial charge in [0.2, 0.25) is 0 Å². The molecule has 2 nitrogen and oxygen atoms in total. The summed E-state index contributed by atoms with van der Waals surface area (Å²) in [6.07, 6.45) is 9.84. The number of rotatable bonds is 6. The maximum absolute atomic E-state index is 9.59. The molecule has 2 aliphatic carbocycles. The van der Waals surface area contributed by atoms with Gasteiger partial charge >= 0.3 is 0 Å². The molecule has 1 saturated carbocycles. The van der Waals surface area contributed by atoms with Crippen LogP contribution in [0.15, 0.2) is 18.2 Å². The lowest BCUT2D eigenvalue weighted by molar-refractivity contribution is 0.147. The van der Waals surface area contributed by atoms with Crippen molar-refractivity contribution in [2.45, 2.75) is 64.2 Å². The van der Waals surface area contributed by atoms with Crippen molar-refractivity contribution >= 4 is 0 Å². The zero-order valence-corrected chi connectivity index (χ0v) is 14.8. The van der Waals surface area contributed by atoms with Crippen LogP contribution in [0.1, 0.15) is 68.1 Å². The highest BCUT2D eigenvalue weighted by Gasteiger charge is 2.35. The lowest BCUT2D eigenvalue weighted by Crippen LogP contribution is -2.17. The predicted molar refractivity (Wildman–Crippen MR) is 94.9 cm³/mol. The smallest absolute Gasteiger partial charge is 0.0484 e. The predicted octanol–water partition coefficient (Wildman–Crippen LogP) is 4.48. The van der Waals surface area contributed by atoms with E-state index >= 15 is 0 Å². The number of benzene rings is 1. The van der Waals surface area contributed by atoms with Gasteiger partial charge in [-0.3, -0.25) is 0 Å². The zero-order valence-electron chi connectivity index (χ0n) is 14.8. The first-order valence-electron chi connectivity index (χ1n) is 9.35. The molecule has 0 heterocycles. The van der Waals surface area contributed by atoms with Crippen molar-refractivity contribution in [1.29, 1.82) is 0 Å². The Hall–Kier alpha value is -0.860. The number of methoxy groups -OCH3 is 1. The minimum Gasteiger partial charge on any atom is -0.396 e. The van der Waals surface area contributed by atoms with Gasteiger partial charge in [-0.25, -0.2) is 0 Å². The molecule has 0 aliphatic heterocycles. The van der Waals surface area contributed by atoms with Crippen LogP contribution in [0.2, 0.25) is 0 Å². The number of fused-ring (bicyclic) bond motifs is 1. The SMILES string of the molecule is COCCCC1CCc2cc([C@H]3CC[C@](C)(CO)C3)ccc2C1. The molecule has 0 spiro atoms. The van der Waals surface area contributed by atoms with E-state index in [0.717, 1.165) is 25.4 Å². The first-order valence-corrected chi connectivity index (χ1v) is 9.35. The van der Waals surface area contributed by atoms with Gasteiger partial charge < -0.3 is 9.84 Å². The van der Waals surface area contributed by atoms with E-state index < -0.39 is 0 Å². The first-order chi connectivity index (χ1) is 11.1. The molecule has 0 amide bonds. The summed E-state index contributed by atoms with van der Waals surface area (Å²) < 4.78 is 5.18. The fourth-order valence-electron chi connectivity index (χ4n) is 4.62. The lowest BCUT2D eigenvalue weighted by atomic mass is 9.79. The number of aliphatic hydroxyl groups excluding tert-OH is 1. The maximum atomic E-state index is 9.59. The van der Waals surface area contributed by atoms with Gasteiger partial charge in [0.1, 0.15) is 0 Å². The Morgan fingerprint density at radius 1 is 1.26 bits per heavy atom. The van der Waals surface area contributed by atoms with Crippen LogP contribution in [-0.2, 0) is 17.6 Å². The number of ether oxygens (including phenoxy) is 1. The topological polar surface area (TPSA) is 29.5 Å². The fourth-order valence-corrected chi connectivity index (χ4v) is 4.62. The number of aryl methyl sites for hydroxylation is 1. The second-order valence-electron chi connectivity index (χ2n) is 8.18. The summed E-state index contributed by atoms with van der Waals surface area (Å²) in [4.78, 5) is 0. The van der Waals surface area contributed by atoms with E-state index in [2.05, 4.69) is 25.1 Å². The van der Waals surface area contributed by atoms with Gasteiger partial charge in [-0.2, -0.15) is 0 Å². The number of hydrogen-bond acceptors (Lipinski definition) is 2. The van der Waals surface area contributed by atoms with Crippen molar-refractivity contribution in [3.8, 4) is 0 Å². The van der Waals surface area contributed by atoms with Crippen LogP contribution in [0.4, 0.5) is 0 Å². The molecule has 0 radical (unpaired) electrons. The maximum Gasteiger partial charge on any atom is 0.0484 e. The Morgan fingerprint density at radius 3 is 2.87 bits per heavy atom. The van der Waals surface area contributed by atoms with E-state index in [1.54, 1.807) is 18.2 Å². The molecule has 1 unspecified atom stereocenters. The summed E-state index contributed by atoms with van der Waals surface area (Å²) >= 11 is 0. The molecular weight excluding hydrogens is 284 g/mol. The summed E-state index contributed by atoms with van der Waals surface area (Å²) in [5.41, 5.74) is 4.82. The Kier molecular flexibility index (Phi) is 5.43. The first kappa shape index (κ1) is 17.0.